The molecule has 2 aromatic rings. The van der Waals surface area contributed by atoms with Gasteiger partial charge >= 0.3 is 180 Å². The van der Waals surface area contributed by atoms with Crippen LogP contribution in [-0.4, -0.2) is 0 Å². The normalized spacial score (nSPS) is 16.8. The van der Waals surface area contributed by atoms with E-state index in [1.54, 1.807) is 33.6 Å². The zero-order chi connectivity index (χ0) is 19.6. The number of hydrogen-bond donors (Lipinski definition) is 0. The van der Waals surface area contributed by atoms with Crippen LogP contribution in [0.25, 0.3) is 11.1 Å². The summed E-state index contributed by atoms with van der Waals surface area (Å²) in [6.45, 7) is 13.9. The van der Waals surface area contributed by atoms with Crippen LogP contribution in [0.4, 0.5) is 0 Å². The number of benzene rings is 2. The molecule has 0 spiro atoms. The molecule has 0 bridgehead atoms. The molecule has 0 unspecified atom stereocenters. The Morgan fingerprint density at radius 2 is 1.26 bits per heavy atom. The van der Waals surface area contributed by atoms with E-state index in [4.69, 9.17) is 0 Å². The van der Waals surface area contributed by atoms with E-state index in [1.165, 1.54) is 33.4 Å². The van der Waals surface area contributed by atoms with Gasteiger partial charge in [-0.1, -0.05) is 0 Å². The van der Waals surface area contributed by atoms with Crippen molar-refractivity contribution in [3.05, 3.63) is 79.7 Å². The molecule has 2 aliphatic rings. The van der Waals surface area contributed by atoms with Gasteiger partial charge in [0, 0.05) is 0 Å². The molecule has 0 N–H and O–H groups in total. The van der Waals surface area contributed by atoms with Crippen molar-refractivity contribution in [1.82, 2.24) is 0 Å². The van der Waals surface area contributed by atoms with Crippen molar-refractivity contribution in [2.75, 3.05) is 0 Å². The second kappa shape index (κ2) is 6.42. The topological polar surface area (TPSA) is 0 Å². The molecule has 27 heavy (non-hydrogen) atoms. The molecule has 0 nitrogen and oxygen atoms in total. The van der Waals surface area contributed by atoms with E-state index >= 15 is 0 Å². The van der Waals surface area contributed by atoms with Gasteiger partial charge in [-0.25, -0.2) is 0 Å². The van der Waals surface area contributed by atoms with Crippen LogP contribution < -0.4 is 0 Å². The van der Waals surface area contributed by atoms with Gasteiger partial charge < -0.3 is 0 Å². The van der Waals surface area contributed by atoms with E-state index < -0.39 is 0 Å². The molecule has 4 rings (SSSR count). The second-order valence-electron chi connectivity index (χ2n) is 10.1. The SMILES string of the molecule is CC(C)(C)c1ccc2c(c1)C(C1=[C]([Zr])CC=C1)c1cc(C(C)(C)C)ccc1-2. The number of hydrogen-bond acceptors (Lipinski definition) is 0. The van der Waals surface area contributed by atoms with E-state index in [2.05, 4.69) is 90.1 Å². The maximum atomic E-state index is 2.49. The van der Waals surface area contributed by atoms with E-state index in [9.17, 15) is 0 Å². The minimum absolute atomic E-state index is 0.172. The quantitative estimate of drug-likeness (QED) is 0.448. The van der Waals surface area contributed by atoms with Crippen LogP contribution in [0, 0.1) is 0 Å². The van der Waals surface area contributed by atoms with Crippen LogP contribution in [-0.2, 0) is 35.5 Å². The Labute approximate surface area is 179 Å². The van der Waals surface area contributed by atoms with Gasteiger partial charge in [-0.3, -0.25) is 0 Å². The van der Waals surface area contributed by atoms with Crippen molar-refractivity contribution in [2.24, 2.45) is 0 Å². The van der Waals surface area contributed by atoms with Gasteiger partial charge in [0.1, 0.15) is 0 Å². The summed E-state index contributed by atoms with van der Waals surface area (Å²) in [5, 5.41) is 0. The van der Waals surface area contributed by atoms with Gasteiger partial charge in [0.15, 0.2) is 0 Å². The van der Waals surface area contributed by atoms with Gasteiger partial charge in [0.25, 0.3) is 0 Å². The first kappa shape index (κ1) is 19.1. The molecule has 0 amide bonds. The predicted octanol–water partition coefficient (Wildman–Crippen LogP) is 7.15. The number of rotatable bonds is 1. The molecule has 0 atom stereocenters. The summed E-state index contributed by atoms with van der Waals surface area (Å²) in [5.74, 6) is 0.396. The Morgan fingerprint density at radius 1 is 0.778 bits per heavy atom. The fourth-order valence-electron chi connectivity index (χ4n) is 4.32. The summed E-state index contributed by atoms with van der Waals surface area (Å²) in [6.07, 6.45) is 5.87. The van der Waals surface area contributed by atoms with E-state index in [1.807, 2.05) is 0 Å². The van der Waals surface area contributed by atoms with Gasteiger partial charge in [0.2, 0.25) is 0 Å². The second-order valence-corrected chi connectivity index (χ2v) is 11.6. The van der Waals surface area contributed by atoms with Crippen LogP contribution in [0.2, 0.25) is 0 Å². The monoisotopic (exact) mass is 431 g/mol. The first-order chi connectivity index (χ1) is 12.6. The number of allylic oxidation sites excluding steroid dienone is 4. The van der Waals surface area contributed by atoms with Crippen molar-refractivity contribution in [2.45, 2.75) is 64.7 Å². The van der Waals surface area contributed by atoms with Gasteiger partial charge in [-0.05, 0) is 0 Å². The summed E-state index contributed by atoms with van der Waals surface area (Å²) in [7, 11) is 0. The maximum absolute atomic E-state index is 2.49. The molecular weight excluding hydrogens is 404 g/mol. The Balaban J connectivity index is 1.97. The third-order valence-corrected chi connectivity index (χ3v) is 7.24. The van der Waals surface area contributed by atoms with Crippen molar-refractivity contribution < 1.29 is 24.7 Å². The summed E-state index contributed by atoms with van der Waals surface area (Å²) >= 11 is 1.55. The van der Waals surface area contributed by atoms with E-state index in [0.717, 1.165) is 6.42 Å². The molecule has 0 heterocycles. The fraction of sp³-hybridized carbons (Fsp3) is 0.385. The van der Waals surface area contributed by atoms with Crippen LogP contribution in [0.1, 0.15) is 76.1 Å². The predicted molar refractivity (Wildman–Crippen MR) is 112 cm³/mol. The molecular formula is C26H29Zr. The standard InChI is InChI=1S/C26H29.Zr/c1-25(2,3)18-11-13-20-21-14-12-19(26(4,5)6)16-23(21)24(22(20)15-18)17-9-7-8-10-17;/h7,9,11-16,24H,8H2,1-6H3;. The zero-order valence-electron chi connectivity index (χ0n) is 17.4. The van der Waals surface area contributed by atoms with Crippen molar-refractivity contribution in [1.29, 1.82) is 0 Å². The molecule has 0 radical (unpaired) electrons. The Kier molecular flexibility index (Phi) is 4.55. The van der Waals surface area contributed by atoms with Crippen LogP contribution in [0.15, 0.2) is 57.4 Å². The summed E-state index contributed by atoms with van der Waals surface area (Å²) in [6, 6.07) is 14.4. The zero-order valence-corrected chi connectivity index (χ0v) is 19.9. The minimum atomic E-state index is 0.172. The third kappa shape index (κ3) is 3.27. The van der Waals surface area contributed by atoms with Gasteiger partial charge in [0.05, 0.1) is 0 Å². The van der Waals surface area contributed by atoms with Crippen molar-refractivity contribution in [3.8, 4) is 11.1 Å². The Hall–Kier alpha value is -1.20. The molecule has 2 aromatic carbocycles. The first-order valence-electron chi connectivity index (χ1n) is 9.98. The molecule has 0 fully saturated rings. The summed E-state index contributed by atoms with van der Waals surface area (Å²) < 4.78 is 1.60. The van der Waals surface area contributed by atoms with Crippen LogP contribution in [0.5, 0.6) is 0 Å². The van der Waals surface area contributed by atoms with E-state index in [0.29, 0.717) is 5.92 Å². The van der Waals surface area contributed by atoms with Gasteiger partial charge in [-0.15, -0.1) is 0 Å². The van der Waals surface area contributed by atoms with Gasteiger partial charge in [-0.2, -0.15) is 0 Å². The summed E-state index contributed by atoms with van der Waals surface area (Å²) in [5.41, 5.74) is 10.6. The molecule has 0 saturated heterocycles. The summed E-state index contributed by atoms with van der Waals surface area (Å²) in [4.78, 5) is 0. The Bertz CT molecular complexity index is 911. The van der Waals surface area contributed by atoms with E-state index in [-0.39, 0.29) is 10.8 Å². The molecule has 0 saturated carbocycles. The Morgan fingerprint density at radius 3 is 1.63 bits per heavy atom. The third-order valence-electron chi connectivity index (χ3n) is 6.03. The van der Waals surface area contributed by atoms with Crippen LogP contribution >= 0.6 is 0 Å². The number of fused-ring (bicyclic) bond motifs is 3. The molecule has 1 heteroatoms. The van der Waals surface area contributed by atoms with Crippen LogP contribution in [0.3, 0.4) is 0 Å². The van der Waals surface area contributed by atoms with Crippen molar-refractivity contribution in [3.63, 3.8) is 0 Å². The average Bonchev–Trinajstić information content (AvgIpc) is 3.12. The average molecular weight is 433 g/mol. The molecule has 0 aliphatic heterocycles. The van der Waals surface area contributed by atoms with Crippen molar-refractivity contribution >= 4 is 0 Å². The molecule has 137 valence electrons. The molecule has 2 aliphatic carbocycles. The fourth-order valence-corrected chi connectivity index (χ4v) is 5.17. The first-order valence-corrected chi connectivity index (χ1v) is 11.2. The molecule has 0 aromatic heterocycles.